The summed E-state index contributed by atoms with van der Waals surface area (Å²) in [6.07, 6.45) is 0.000676. The zero-order valence-corrected chi connectivity index (χ0v) is 12.1. The van der Waals surface area contributed by atoms with Crippen LogP contribution in [0.25, 0.3) is 22.2 Å². The summed E-state index contributed by atoms with van der Waals surface area (Å²) in [6, 6.07) is 15.6. The molecule has 0 aliphatic carbocycles. The highest BCUT2D eigenvalue weighted by Gasteiger charge is 2.15. The number of hydrogen-bond acceptors (Lipinski definition) is 1. The van der Waals surface area contributed by atoms with Crippen molar-refractivity contribution >= 4 is 32.8 Å². The summed E-state index contributed by atoms with van der Waals surface area (Å²) in [6.45, 7) is 0. The van der Waals surface area contributed by atoms with Gasteiger partial charge < -0.3 is 10.1 Å². The second kappa shape index (κ2) is 5.13. The summed E-state index contributed by atoms with van der Waals surface area (Å²) < 4.78 is 0.940. The van der Waals surface area contributed by atoms with Crippen molar-refractivity contribution in [1.29, 1.82) is 0 Å². The van der Waals surface area contributed by atoms with Crippen LogP contribution in [0.4, 0.5) is 0 Å². The number of aromatic amines is 1. The Kier molecular flexibility index (Phi) is 3.32. The summed E-state index contributed by atoms with van der Waals surface area (Å²) in [5.41, 5.74) is 3.64. The molecule has 20 heavy (non-hydrogen) atoms. The Labute approximate surface area is 124 Å². The minimum absolute atomic E-state index is 0.000676. The first-order chi connectivity index (χ1) is 9.65. The molecule has 0 aliphatic rings. The summed E-state index contributed by atoms with van der Waals surface area (Å²) >= 11 is 3.44. The lowest BCUT2D eigenvalue weighted by molar-refractivity contribution is -0.136. The van der Waals surface area contributed by atoms with E-state index < -0.39 is 5.97 Å². The molecule has 0 saturated heterocycles. The van der Waals surface area contributed by atoms with Crippen molar-refractivity contribution in [3.63, 3.8) is 0 Å². The summed E-state index contributed by atoms with van der Waals surface area (Å²) in [7, 11) is 0. The molecule has 3 nitrogen and oxygen atoms in total. The highest BCUT2D eigenvalue weighted by atomic mass is 79.9. The highest BCUT2D eigenvalue weighted by Crippen LogP contribution is 2.32. The van der Waals surface area contributed by atoms with Gasteiger partial charge in [0, 0.05) is 15.4 Å². The lowest BCUT2D eigenvalue weighted by Crippen LogP contribution is -2.00. The van der Waals surface area contributed by atoms with E-state index in [-0.39, 0.29) is 6.42 Å². The molecule has 0 radical (unpaired) electrons. The van der Waals surface area contributed by atoms with Crippen LogP contribution in [0.3, 0.4) is 0 Å². The van der Waals surface area contributed by atoms with Crippen molar-refractivity contribution in [2.24, 2.45) is 0 Å². The lowest BCUT2D eigenvalue weighted by Gasteiger charge is -2.02. The van der Waals surface area contributed by atoms with Crippen LogP contribution in [0.2, 0.25) is 0 Å². The van der Waals surface area contributed by atoms with E-state index in [4.69, 9.17) is 5.11 Å². The van der Waals surface area contributed by atoms with E-state index in [0.717, 1.165) is 32.2 Å². The molecule has 0 atom stereocenters. The van der Waals surface area contributed by atoms with Gasteiger partial charge in [-0.25, -0.2) is 0 Å². The van der Waals surface area contributed by atoms with Gasteiger partial charge in [0.15, 0.2) is 0 Å². The number of carboxylic acids is 1. The van der Waals surface area contributed by atoms with Crippen LogP contribution < -0.4 is 0 Å². The predicted molar refractivity (Wildman–Crippen MR) is 82.8 cm³/mol. The first kappa shape index (κ1) is 12.9. The Morgan fingerprint density at radius 2 is 1.90 bits per heavy atom. The van der Waals surface area contributed by atoms with Crippen LogP contribution in [-0.4, -0.2) is 16.1 Å². The summed E-state index contributed by atoms with van der Waals surface area (Å²) in [5.74, 6) is -0.831. The monoisotopic (exact) mass is 329 g/mol. The van der Waals surface area contributed by atoms with Gasteiger partial charge in [0.1, 0.15) is 0 Å². The van der Waals surface area contributed by atoms with Crippen LogP contribution in [0.15, 0.2) is 53.0 Å². The Balaban J connectivity index is 2.28. The van der Waals surface area contributed by atoms with E-state index in [9.17, 15) is 4.79 Å². The third-order valence-electron chi connectivity index (χ3n) is 3.26. The van der Waals surface area contributed by atoms with Gasteiger partial charge in [-0.15, -0.1) is 0 Å². The van der Waals surface area contributed by atoms with Crippen LogP contribution in [0.5, 0.6) is 0 Å². The summed E-state index contributed by atoms with van der Waals surface area (Å²) in [5, 5.41) is 10.1. The fourth-order valence-electron chi connectivity index (χ4n) is 2.41. The fraction of sp³-hybridized carbons (Fsp3) is 0.0625. The van der Waals surface area contributed by atoms with Crippen molar-refractivity contribution < 1.29 is 9.90 Å². The van der Waals surface area contributed by atoms with Gasteiger partial charge in [0.2, 0.25) is 0 Å². The van der Waals surface area contributed by atoms with Crippen molar-refractivity contribution in [3.05, 3.63) is 58.6 Å². The number of hydrogen-bond donors (Lipinski definition) is 2. The molecule has 1 heterocycles. The van der Waals surface area contributed by atoms with E-state index in [1.54, 1.807) is 0 Å². The summed E-state index contributed by atoms with van der Waals surface area (Å²) in [4.78, 5) is 14.5. The van der Waals surface area contributed by atoms with Crippen LogP contribution >= 0.6 is 15.9 Å². The minimum atomic E-state index is -0.831. The quantitative estimate of drug-likeness (QED) is 0.755. The SMILES string of the molecule is O=C(O)Cc1c(-c2ccccc2)[nH]c2ccc(Br)cc12. The number of carboxylic acid groups (broad SMARTS) is 1. The zero-order valence-electron chi connectivity index (χ0n) is 10.6. The van der Waals surface area contributed by atoms with Gasteiger partial charge in [-0.3, -0.25) is 4.79 Å². The molecule has 1 aromatic heterocycles. The Bertz CT molecular complexity index is 778. The largest absolute Gasteiger partial charge is 0.481 e. The molecule has 0 amide bonds. The van der Waals surface area contributed by atoms with Crippen molar-refractivity contribution in [1.82, 2.24) is 4.98 Å². The van der Waals surface area contributed by atoms with Crippen LogP contribution in [0.1, 0.15) is 5.56 Å². The molecule has 3 aromatic rings. The molecule has 2 aromatic carbocycles. The zero-order chi connectivity index (χ0) is 14.1. The standard InChI is InChI=1S/C16H12BrNO2/c17-11-6-7-14-12(8-11)13(9-15(19)20)16(18-14)10-4-2-1-3-5-10/h1-8,18H,9H2,(H,19,20). The Hall–Kier alpha value is -2.07. The molecule has 2 N–H and O–H groups in total. The number of aliphatic carboxylic acids is 1. The van der Waals surface area contributed by atoms with E-state index in [0.29, 0.717) is 0 Å². The van der Waals surface area contributed by atoms with E-state index >= 15 is 0 Å². The molecule has 100 valence electrons. The number of aromatic nitrogens is 1. The number of H-pyrrole nitrogens is 1. The molecule has 0 unspecified atom stereocenters. The Morgan fingerprint density at radius 3 is 2.60 bits per heavy atom. The van der Waals surface area contributed by atoms with Gasteiger partial charge in [0.05, 0.1) is 12.1 Å². The van der Waals surface area contributed by atoms with E-state index in [1.807, 2.05) is 48.5 Å². The van der Waals surface area contributed by atoms with Gasteiger partial charge >= 0.3 is 5.97 Å². The van der Waals surface area contributed by atoms with E-state index in [1.165, 1.54) is 0 Å². The molecule has 0 spiro atoms. The average molecular weight is 330 g/mol. The maximum Gasteiger partial charge on any atom is 0.307 e. The number of carbonyl (C=O) groups is 1. The fourth-order valence-corrected chi connectivity index (χ4v) is 2.77. The number of halogens is 1. The van der Waals surface area contributed by atoms with Gasteiger partial charge in [0.25, 0.3) is 0 Å². The number of fused-ring (bicyclic) bond motifs is 1. The van der Waals surface area contributed by atoms with E-state index in [2.05, 4.69) is 20.9 Å². The number of benzene rings is 2. The highest BCUT2D eigenvalue weighted by molar-refractivity contribution is 9.10. The molecular weight excluding hydrogens is 318 g/mol. The average Bonchev–Trinajstić information content (AvgIpc) is 2.77. The smallest absolute Gasteiger partial charge is 0.307 e. The maximum atomic E-state index is 11.2. The van der Waals surface area contributed by atoms with Crippen LogP contribution in [-0.2, 0) is 11.2 Å². The third kappa shape index (κ3) is 2.34. The molecule has 0 saturated carbocycles. The normalized spacial score (nSPS) is 10.8. The molecule has 3 rings (SSSR count). The third-order valence-corrected chi connectivity index (χ3v) is 3.75. The van der Waals surface area contributed by atoms with Crippen molar-refractivity contribution in [2.75, 3.05) is 0 Å². The second-order valence-electron chi connectivity index (χ2n) is 4.60. The van der Waals surface area contributed by atoms with Crippen molar-refractivity contribution in [2.45, 2.75) is 6.42 Å². The first-order valence-electron chi connectivity index (χ1n) is 6.22. The van der Waals surface area contributed by atoms with Gasteiger partial charge in [-0.05, 0) is 29.3 Å². The van der Waals surface area contributed by atoms with Crippen molar-refractivity contribution in [3.8, 4) is 11.3 Å². The molecule has 0 bridgehead atoms. The molecule has 0 aliphatic heterocycles. The molecular formula is C16H12BrNO2. The number of nitrogens with one attached hydrogen (secondary N) is 1. The van der Waals surface area contributed by atoms with Gasteiger partial charge in [-0.1, -0.05) is 46.3 Å². The molecule has 0 fully saturated rings. The number of rotatable bonds is 3. The Morgan fingerprint density at radius 1 is 1.15 bits per heavy atom. The molecule has 4 heteroatoms. The minimum Gasteiger partial charge on any atom is -0.481 e. The lowest BCUT2D eigenvalue weighted by atomic mass is 10.0. The van der Waals surface area contributed by atoms with Crippen LogP contribution in [0, 0.1) is 0 Å². The predicted octanol–water partition coefficient (Wildman–Crippen LogP) is 4.22. The second-order valence-corrected chi connectivity index (χ2v) is 5.52. The maximum absolute atomic E-state index is 11.2. The first-order valence-corrected chi connectivity index (χ1v) is 7.02. The topological polar surface area (TPSA) is 53.1 Å². The van der Waals surface area contributed by atoms with Gasteiger partial charge in [-0.2, -0.15) is 0 Å².